The number of nitrogens with zero attached hydrogens (tertiary/aromatic N) is 1. The van der Waals surface area contributed by atoms with Crippen molar-refractivity contribution in [2.75, 3.05) is 0 Å². The molecule has 0 radical (unpaired) electrons. The molecule has 0 aliphatic carbocycles. The summed E-state index contributed by atoms with van der Waals surface area (Å²) < 4.78 is 0. The Morgan fingerprint density at radius 3 is 2.79 bits per heavy atom. The lowest BCUT2D eigenvalue weighted by molar-refractivity contribution is 1.12. The Bertz CT molecular complexity index is 409. The monoisotopic (exact) mass is 267 g/mol. The summed E-state index contributed by atoms with van der Waals surface area (Å²) in [6.45, 7) is 2.13. The lowest BCUT2D eigenvalue weighted by Crippen LogP contribution is -1.89. The fraction of sp³-hybridized carbons (Fsp3) is 0.182. The molecule has 0 aliphatic heterocycles. The van der Waals surface area contributed by atoms with Gasteiger partial charge in [-0.05, 0) is 12.5 Å². The van der Waals surface area contributed by atoms with Crippen LogP contribution in [-0.4, -0.2) is 4.98 Å². The number of aromatic nitrogens is 1. The van der Waals surface area contributed by atoms with E-state index in [9.17, 15) is 0 Å². The molecule has 0 N–H and O–H groups in total. The van der Waals surface area contributed by atoms with Gasteiger partial charge in [0.05, 0.1) is 11.2 Å². The highest BCUT2D eigenvalue weighted by Crippen LogP contribution is 2.31. The molecule has 1 nitrogen and oxygen atoms in total. The summed E-state index contributed by atoms with van der Waals surface area (Å²) in [6, 6.07) is 8.35. The maximum Gasteiger partial charge on any atom is 0.0814 e. The largest absolute Gasteiger partial charge is 0.245 e. The summed E-state index contributed by atoms with van der Waals surface area (Å²) >= 11 is 5.22. The van der Waals surface area contributed by atoms with Crippen molar-refractivity contribution >= 4 is 27.3 Å². The molecule has 72 valence electrons. The van der Waals surface area contributed by atoms with Gasteiger partial charge in [0.1, 0.15) is 0 Å². The Hall–Kier alpha value is -0.670. The van der Waals surface area contributed by atoms with Gasteiger partial charge in [-0.15, -0.1) is 11.3 Å². The van der Waals surface area contributed by atoms with Gasteiger partial charge in [0.2, 0.25) is 0 Å². The standard InChI is InChI=1S/C11H10BrNS/c1-8(12)9-4-2-3-5-10(9)11-6-14-7-13-11/h2-8H,1H3. The molecule has 0 saturated carbocycles. The van der Waals surface area contributed by atoms with Crippen LogP contribution < -0.4 is 0 Å². The number of alkyl halides is 1. The van der Waals surface area contributed by atoms with Crippen LogP contribution >= 0.6 is 27.3 Å². The van der Waals surface area contributed by atoms with Gasteiger partial charge < -0.3 is 0 Å². The van der Waals surface area contributed by atoms with Crippen LogP contribution in [0.5, 0.6) is 0 Å². The third kappa shape index (κ3) is 1.88. The lowest BCUT2D eigenvalue weighted by Gasteiger charge is -2.08. The van der Waals surface area contributed by atoms with E-state index in [0.717, 1.165) is 5.69 Å². The molecule has 0 spiro atoms. The zero-order valence-corrected chi connectivity index (χ0v) is 10.2. The van der Waals surface area contributed by atoms with Crippen molar-refractivity contribution in [3.8, 4) is 11.3 Å². The highest BCUT2D eigenvalue weighted by atomic mass is 79.9. The van der Waals surface area contributed by atoms with Crippen molar-refractivity contribution in [2.24, 2.45) is 0 Å². The maximum atomic E-state index is 4.33. The summed E-state index contributed by atoms with van der Waals surface area (Å²) in [5, 5.41) is 2.08. The van der Waals surface area contributed by atoms with Crippen LogP contribution in [0, 0.1) is 0 Å². The second kappa shape index (κ2) is 4.24. The molecule has 0 bridgehead atoms. The van der Waals surface area contributed by atoms with Crippen molar-refractivity contribution < 1.29 is 0 Å². The van der Waals surface area contributed by atoms with Gasteiger partial charge in [-0.3, -0.25) is 0 Å². The van der Waals surface area contributed by atoms with E-state index in [0.29, 0.717) is 4.83 Å². The SMILES string of the molecule is CC(Br)c1ccccc1-c1cscn1. The third-order valence-electron chi connectivity index (χ3n) is 2.10. The summed E-state index contributed by atoms with van der Waals surface area (Å²) in [5.74, 6) is 0. The van der Waals surface area contributed by atoms with E-state index in [4.69, 9.17) is 0 Å². The normalized spacial score (nSPS) is 12.7. The van der Waals surface area contributed by atoms with Gasteiger partial charge >= 0.3 is 0 Å². The number of rotatable bonds is 2. The third-order valence-corrected chi connectivity index (χ3v) is 3.18. The molecule has 0 fully saturated rings. The Morgan fingerprint density at radius 2 is 2.14 bits per heavy atom. The zero-order chi connectivity index (χ0) is 9.97. The van der Waals surface area contributed by atoms with Crippen molar-refractivity contribution in [3.05, 3.63) is 40.7 Å². The molecule has 1 aromatic carbocycles. The average molecular weight is 268 g/mol. The number of thiazole rings is 1. The first kappa shape index (κ1) is 9.87. The fourth-order valence-electron chi connectivity index (χ4n) is 1.42. The first-order valence-electron chi connectivity index (χ1n) is 4.40. The van der Waals surface area contributed by atoms with E-state index >= 15 is 0 Å². The Kier molecular flexibility index (Phi) is 2.99. The number of halogens is 1. The molecule has 1 unspecified atom stereocenters. The molecule has 1 heterocycles. The minimum Gasteiger partial charge on any atom is -0.245 e. The zero-order valence-electron chi connectivity index (χ0n) is 7.77. The molecule has 0 amide bonds. The highest BCUT2D eigenvalue weighted by Gasteiger charge is 2.09. The minimum atomic E-state index is 0.361. The number of benzene rings is 1. The van der Waals surface area contributed by atoms with Crippen molar-refractivity contribution in [1.29, 1.82) is 0 Å². The van der Waals surface area contributed by atoms with Crippen LogP contribution in [-0.2, 0) is 0 Å². The topological polar surface area (TPSA) is 12.9 Å². The summed E-state index contributed by atoms with van der Waals surface area (Å²) in [6.07, 6.45) is 0. The lowest BCUT2D eigenvalue weighted by atomic mass is 10.0. The number of hydrogen-bond acceptors (Lipinski definition) is 2. The minimum absolute atomic E-state index is 0.361. The summed E-state index contributed by atoms with van der Waals surface area (Å²) in [5.41, 5.74) is 5.44. The first-order chi connectivity index (χ1) is 6.79. The molecule has 2 rings (SSSR count). The van der Waals surface area contributed by atoms with Crippen LogP contribution in [0.3, 0.4) is 0 Å². The average Bonchev–Trinajstić information content (AvgIpc) is 2.70. The molecule has 1 atom stereocenters. The first-order valence-corrected chi connectivity index (χ1v) is 6.26. The highest BCUT2D eigenvalue weighted by molar-refractivity contribution is 9.09. The van der Waals surface area contributed by atoms with Gasteiger partial charge in [-0.25, -0.2) is 4.98 Å². The molecule has 2 aromatic rings. The quantitative estimate of drug-likeness (QED) is 0.741. The molecular formula is C11H10BrNS. The van der Waals surface area contributed by atoms with Crippen molar-refractivity contribution in [2.45, 2.75) is 11.8 Å². The predicted molar refractivity (Wildman–Crippen MR) is 64.9 cm³/mol. The van der Waals surface area contributed by atoms with Gasteiger partial charge in [-0.2, -0.15) is 0 Å². The summed E-state index contributed by atoms with van der Waals surface area (Å²) in [4.78, 5) is 4.69. The predicted octanol–water partition coefficient (Wildman–Crippen LogP) is 4.27. The van der Waals surface area contributed by atoms with E-state index in [1.165, 1.54) is 11.1 Å². The van der Waals surface area contributed by atoms with Crippen LogP contribution in [0.15, 0.2) is 35.2 Å². The molecule has 0 saturated heterocycles. The second-order valence-electron chi connectivity index (χ2n) is 3.08. The Labute approximate surface area is 95.9 Å². The van der Waals surface area contributed by atoms with Crippen LogP contribution in [0.1, 0.15) is 17.3 Å². The molecule has 0 aliphatic rings. The van der Waals surface area contributed by atoms with Crippen LogP contribution in [0.4, 0.5) is 0 Å². The molecular weight excluding hydrogens is 258 g/mol. The molecule has 14 heavy (non-hydrogen) atoms. The van der Waals surface area contributed by atoms with Crippen LogP contribution in [0.2, 0.25) is 0 Å². The van der Waals surface area contributed by atoms with E-state index in [-0.39, 0.29) is 0 Å². The Balaban J connectivity index is 2.53. The van der Waals surface area contributed by atoms with Gasteiger partial charge in [0.15, 0.2) is 0 Å². The van der Waals surface area contributed by atoms with Crippen LogP contribution in [0.25, 0.3) is 11.3 Å². The number of hydrogen-bond donors (Lipinski definition) is 0. The maximum absolute atomic E-state index is 4.33. The van der Waals surface area contributed by atoms with Crippen molar-refractivity contribution in [3.63, 3.8) is 0 Å². The molecule has 3 heteroatoms. The van der Waals surface area contributed by atoms with E-state index in [1.807, 2.05) is 11.6 Å². The van der Waals surface area contributed by atoms with E-state index < -0.39 is 0 Å². The molecule has 1 aromatic heterocycles. The van der Waals surface area contributed by atoms with Gasteiger partial charge in [0.25, 0.3) is 0 Å². The van der Waals surface area contributed by atoms with E-state index in [1.54, 1.807) is 11.3 Å². The summed E-state index contributed by atoms with van der Waals surface area (Å²) in [7, 11) is 0. The van der Waals surface area contributed by atoms with Crippen molar-refractivity contribution in [1.82, 2.24) is 4.98 Å². The van der Waals surface area contributed by atoms with E-state index in [2.05, 4.69) is 51.4 Å². The van der Waals surface area contributed by atoms with Gasteiger partial charge in [0, 0.05) is 15.8 Å². The smallest absolute Gasteiger partial charge is 0.0814 e. The fourth-order valence-corrected chi connectivity index (χ4v) is 2.37. The van der Waals surface area contributed by atoms with Gasteiger partial charge in [-0.1, -0.05) is 40.2 Å². The second-order valence-corrected chi connectivity index (χ2v) is 5.17. The Morgan fingerprint density at radius 1 is 1.36 bits per heavy atom.